The topological polar surface area (TPSA) is 27.1 Å². The van der Waals surface area contributed by atoms with Crippen LogP contribution in [0.25, 0.3) is 11.3 Å². The summed E-state index contributed by atoms with van der Waals surface area (Å²) < 4.78 is 21.9. The first-order valence-corrected chi connectivity index (χ1v) is 7.10. The SMILES string of the molecule is CC(C)c1c(-c2ccccc2F)nn2c1O[C@@H](C)CC2. The Hall–Kier alpha value is -1.84. The van der Waals surface area contributed by atoms with Gasteiger partial charge in [-0.25, -0.2) is 9.07 Å². The van der Waals surface area contributed by atoms with Gasteiger partial charge in [0.05, 0.1) is 6.10 Å². The predicted molar refractivity (Wildman–Crippen MR) is 76.4 cm³/mol. The molecule has 4 heteroatoms. The molecular formula is C16H19FN2O. The third-order valence-corrected chi connectivity index (χ3v) is 3.71. The fourth-order valence-electron chi connectivity index (χ4n) is 2.66. The van der Waals surface area contributed by atoms with Crippen molar-refractivity contribution in [2.24, 2.45) is 0 Å². The van der Waals surface area contributed by atoms with Gasteiger partial charge in [-0.05, 0) is 25.0 Å². The molecule has 2 heterocycles. The second kappa shape index (κ2) is 4.93. The summed E-state index contributed by atoms with van der Waals surface area (Å²) >= 11 is 0. The van der Waals surface area contributed by atoms with Gasteiger partial charge in [0.1, 0.15) is 11.5 Å². The van der Waals surface area contributed by atoms with Crippen LogP contribution in [0.15, 0.2) is 24.3 Å². The number of aryl methyl sites for hydroxylation is 1. The van der Waals surface area contributed by atoms with E-state index in [1.165, 1.54) is 6.07 Å². The molecule has 2 aromatic rings. The van der Waals surface area contributed by atoms with Gasteiger partial charge in [0.15, 0.2) is 0 Å². The Morgan fingerprint density at radius 2 is 2.10 bits per heavy atom. The van der Waals surface area contributed by atoms with E-state index in [1.807, 2.05) is 10.7 Å². The summed E-state index contributed by atoms with van der Waals surface area (Å²) in [5.41, 5.74) is 2.26. The minimum atomic E-state index is -0.238. The molecule has 0 unspecified atom stereocenters. The van der Waals surface area contributed by atoms with Crippen molar-refractivity contribution in [2.45, 2.75) is 45.8 Å². The molecule has 3 nitrogen and oxygen atoms in total. The lowest BCUT2D eigenvalue weighted by atomic mass is 9.98. The number of hydrogen-bond donors (Lipinski definition) is 0. The Bertz CT molecular complexity index is 633. The van der Waals surface area contributed by atoms with Gasteiger partial charge in [-0.1, -0.05) is 26.0 Å². The van der Waals surface area contributed by atoms with E-state index in [4.69, 9.17) is 4.74 Å². The van der Waals surface area contributed by atoms with Crippen LogP contribution >= 0.6 is 0 Å². The standard InChI is InChI=1S/C16H19FN2O/c1-10(2)14-15(12-6-4-5-7-13(12)17)18-19-9-8-11(3)20-16(14)19/h4-7,10-11H,8-9H2,1-3H3/t11-/m0/s1. The van der Waals surface area contributed by atoms with Gasteiger partial charge in [-0.15, -0.1) is 0 Å². The second-order valence-electron chi connectivity index (χ2n) is 5.64. The van der Waals surface area contributed by atoms with Gasteiger partial charge in [0.2, 0.25) is 5.88 Å². The highest BCUT2D eigenvalue weighted by molar-refractivity contribution is 5.67. The summed E-state index contributed by atoms with van der Waals surface area (Å²) in [6, 6.07) is 6.78. The predicted octanol–water partition coefficient (Wildman–Crippen LogP) is 3.98. The Labute approximate surface area is 118 Å². The number of benzene rings is 1. The summed E-state index contributed by atoms with van der Waals surface area (Å²) in [5, 5.41) is 4.59. The molecule has 0 bridgehead atoms. The van der Waals surface area contributed by atoms with Crippen LogP contribution in [0.5, 0.6) is 5.88 Å². The van der Waals surface area contributed by atoms with Gasteiger partial charge in [0, 0.05) is 24.1 Å². The average Bonchev–Trinajstić information content (AvgIpc) is 2.77. The highest BCUT2D eigenvalue weighted by atomic mass is 19.1. The monoisotopic (exact) mass is 274 g/mol. The summed E-state index contributed by atoms with van der Waals surface area (Å²) in [6.45, 7) is 7.06. The van der Waals surface area contributed by atoms with E-state index >= 15 is 0 Å². The number of aromatic nitrogens is 2. The van der Waals surface area contributed by atoms with Crippen LogP contribution in [0.3, 0.4) is 0 Å². The first-order valence-electron chi connectivity index (χ1n) is 7.10. The largest absolute Gasteiger partial charge is 0.475 e. The maximum Gasteiger partial charge on any atom is 0.216 e. The number of rotatable bonds is 2. The maximum absolute atomic E-state index is 14.1. The van der Waals surface area contributed by atoms with E-state index < -0.39 is 0 Å². The molecule has 1 aliphatic rings. The van der Waals surface area contributed by atoms with Crippen LogP contribution in [0.1, 0.15) is 38.7 Å². The molecule has 20 heavy (non-hydrogen) atoms. The lowest BCUT2D eigenvalue weighted by Gasteiger charge is -2.23. The van der Waals surface area contributed by atoms with Gasteiger partial charge in [0.25, 0.3) is 0 Å². The first kappa shape index (κ1) is 13.2. The van der Waals surface area contributed by atoms with E-state index in [1.54, 1.807) is 12.1 Å². The highest BCUT2D eigenvalue weighted by Crippen LogP contribution is 2.39. The Morgan fingerprint density at radius 1 is 1.35 bits per heavy atom. The minimum Gasteiger partial charge on any atom is -0.475 e. The molecule has 0 saturated carbocycles. The third-order valence-electron chi connectivity index (χ3n) is 3.71. The normalized spacial score (nSPS) is 17.9. The lowest BCUT2D eigenvalue weighted by Crippen LogP contribution is -2.23. The number of hydrogen-bond acceptors (Lipinski definition) is 2. The summed E-state index contributed by atoms with van der Waals surface area (Å²) in [6.07, 6.45) is 1.12. The van der Waals surface area contributed by atoms with Crippen LogP contribution < -0.4 is 4.74 Å². The van der Waals surface area contributed by atoms with Gasteiger partial charge in [-0.2, -0.15) is 5.10 Å². The molecule has 1 atom stereocenters. The van der Waals surface area contributed by atoms with Crippen LogP contribution in [0.2, 0.25) is 0 Å². The number of halogens is 1. The highest BCUT2D eigenvalue weighted by Gasteiger charge is 2.28. The quantitative estimate of drug-likeness (QED) is 0.828. The van der Waals surface area contributed by atoms with Gasteiger partial charge >= 0.3 is 0 Å². The van der Waals surface area contributed by atoms with Crippen molar-refractivity contribution in [2.75, 3.05) is 0 Å². The fourth-order valence-corrected chi connectivity index (χ4v) is 2.66. The average molecular weight is 274 g/mol. The molecule has 1 aromatic carbocycles. The molecule has 1 aromatic heterocycles. The first-order chi connectivity index (χ1) is 9.58. The van der Waals surface area contributed by atoms with Crippen molar-refractivity contribution < 1.29 is 9.13 Å². The molecule has 0 aliphatic carbocycles. The summed E-state index contributed by atoms with van der Waals surface area (Å²) in [5.74, 6) is 0.800. The minimum absolute atomic E-state index is 0.185. The second-order valence-corrected chi connectivity index (χ2v) is 5.64. The molecule has 106 valence electrons. The molecule has 0 saturated heterocycles. The summed E-state index contributed by atoms with van der Waals surface area (Å²) in [4.78, 5) is 0. The van der Waals surface area contributed by atoms with Crippen molar-refractivity contribution in [1.29, 1.82) is 0 Å². The molecule has 0 spiro atoms. The molecule has 1 aliphatic heterocycles. The molecule has 0 fully saturated rings. The van der Waals surface area contributed by atoms with Crippen LogP contribution in [-0.4, -0.2) is 15.9 Å². The van der Waals surface area contributed by atoms with Crippen molar-refractivity contribution >= 4 is 0 Å². The van der Waals surface area contributed by atoms with Crippen molar-refractivity contribution in [1.82, 2.24) is 9.78 Å². The van der Waals surface area contributed by atoms with Crippen LogP contribution in [0, 0.1) is 5.82 Å². The summed E-state index contributed by atoms with van der Waals surface area (Å²) in [7, 11) is 0. The smallest absolute Gasteiger partial charge is 0.216 e. The van der Waals surface area contributed by atoms with Crippen molar-refractivity contribution in [3.8, 4) is 17.1 Å². The number of fused-ring (bicyclic) bond motifs is 1. The van der Waals surface area contributed by atoms with Crippen LogP contribution in [0.4, 0.5) is 4.39 Å². The molecule has 3 rings (SSSR count). The molecule has 0 N–H and O–H groups in total. The fraction of sp³-hybridized carbons (Fsp3) is 0.438. The maximum atomic E-state index is 14.1. The Morgan fingerprint density at radius 3 is 2.80 bits per heavy atom. The van der Waals surface area contributed by atoms with E-state index in [9.17, 15) is 4.39 Å². The van der Waals surface area contributed by atoms with E-state index in [-0.39, 0.29) is 17.8 Å². The van der Waals surface area contributed by atoms with Crippen molar-refractivity contribution in [3.63, 3.8) is 0 Å². The number of ether oxygens (including phenoxy) is 1. The zero-order valence-electron chi connectivity index (χ0n) is 12.1. The molecular weight excluding hydrogens is 255 g/mol. The Kier molecular flexibility index (Phi) is 3.24. The third kappa shape index (κ3) is 2.09. The van der Waals surface area contributed by atoms with Crippen LogP contribution in [-0.2, 0) is 6.54 Å². The van der Waals surface area contributed by atoms with E-state index in [0.29, 0.717) is 11.3 Å². The molecule has 0 radical (unpaired) electrons. The number of nitrogens with zero attached hydrogens (tertiary/aromatic N) is 2. The van der Waals surface area contributed by atoms with E-state index in [0.717, 1.165) is 24.4 Å². The zero-order chi connectivity index (χ0) is 14.3. The van der Waals surface area contributed by atoms with E-state index in [2.05, 4.69) is 25.9 Å². The van der Waals surface area contributed by atoms with Gasteiger partial charge < -0.3 is 4.74 Å². The zero-order valence-corrected chi connectivity index (χ0v) is 12.1. The molecule has 0 amide bonds. The Balaban J connectivity index is 2.19. The van der Waals surface area contributed by atoms with Gasteiger partial charge in [-0.3, -0.25) is 0 Å². The lowest BCUT2D eigenvalue weighted by molar-refractivity contribution is 0.147. The van der Waals surface area contributed by atoms with Crippen molar-refractivity contribution in [3.05, 3.63) is 35.6 Å².